The maximum atomic E-state index is 8.53. The molecular weight excluding hydrogens is 320 g/mol. The van der Waals surface area contributed by atoms with Crippen molar-refractivity contribution < 1.29 is 24.1 Å². The van der Waals surface area contributed by atoms with Gasteiger partial charge in [0.25, 0.3) is 0 Å². The zero-order valence-electron chi connectivity index (χ0n) is 16.7. The summed E-state index contributed by atoms with van der Waals surface area (Å²) in [5.74, 6) is 0.940. The van der Waals surface area contributed by atoms with E-state index in [9.17, 15) is 0 Å². The van der Waals surface area contributed by atoms with E-state index in [4.69, 9.17) is 24.1 Å². The number of rotatable bonds is 21. The molecule has 0 aliphatic heterocycles. The summed E-state index contributed by atoms with van der Waals surface area (Å²) >= 11 is 0. The predicted octanol–water partition coefficient (Wildman–Crippen LogP) is 3.82. The van der Waals surface area contributed by atoms with Crippen LogP contribution in [-0.2, 0) is 18.9 Å². The summed E-state index contributed by atoms with van der Waals surface area (Å²) in [5, 5.41) is 8.53. The Morgan fingerprint density at radius 1 is 0.600 bits per heavy atom. The van der Waals surface area contributed by atoms with Crippen LogP contribution >= 0.6 is 0 Å². The molecule has 0 aliphatic carbocycles. The predicted molar refractivity (Wildman–Crippen MR) is 102 cm³/mol. The molecule has 0 aromatic heterocycles. The molecule has 1 atom stereocenters. The Hall–Kier alpha value is -0.200. The largest absolute Gasteiger partial charge is 0.394 e. The first kappa shape index (κ1) is 24.8. The van der Waals surface area contributed by atoms with Gasteiger partial charge in [-0.15, -0.1) is 0 Å². The van der Waals surface area contributed by atoms with Crippen LogP contribution in [0.15, 0.2) is 0 Å². The van der Waals surface area contributed by atoms with Crippen LogP contribution in [0, 0.1) is 5.92 Å². The molecule has 0 rings (SSSR count). The molecule has 0 spiro atoms. The van der Waals surface area contributed by atoms with Crippen LogP contribution in [0.5, 0.6) is 0 Å². The highest BCUT2D eigenvalue weighted by Gasteiger charge is 2.04. The molecule has 0 bridgehead atoms. The first-order valence-corrected chi connectivity index (χ1v) is 10.3. The molecule has 0 radical (unpaired) electrons. The third-order valence-corrected chi connectivity index (χ3v) is 4.28. The zero-order valence-corrected chi connectivity index (χ0v) is 16.7. The van der Waals surface area contributed by atoms with Gasteiger partial charge in [-0.05, 0) is 12.3 Å². The Labute approximate surface area is 155 Å². The quantitative estimate of drug-likeness (QED) is 0.315. The van der Waals surface area contributed by atoms with E-state index in [1.165, 1.54) is 44.9 Å². The van der Waals surface area contributed by atoms with E-state index in [1.807, 2.05) is 0 Å². The number of ether oxygens (including phenoxy) is 4. The highest BCUT2D eigenvalue weighted by atomic mass is 16.6. The molecule has 0 saturated carbocycles. The number of hydrogen-bond acceptors (Lipinski definition) is 5. The van der Waals surface area contributed by atoms with E-state index < -0.39 is 0 Å². The van der Waals surface area contributed by atoms with Crippen molar-refractivity contribution in [1.29, 1.82) is 0 Å². The van der Waals surface area contributed by atoms with Gasteiger partial charge in [0.2, 0.25) is 0 Å². The minimum atomic E-state index is 0.0569. The first-order chi connectivity index (χ1) is 12.3. The molecular formula is C20H42O5. The normalized spacial score (nSPS) is 12.6. The molecule has 0 aliphatic rings. The lowest BCUT2D eigenvalue weighted by Gasteiger charge is -2.13. The Morgan fingerprint density at radius 3 is 1.64 bits per heavy atom. The summed E-state index contributed by atoms with van der Waals surface area (Å²) in [6.07, 6.45) is 10.6. The van der Waals surface area contributed by atoms with Gasteiger partial charge in [0.1, 0.15) is 0 Å². The highest BCUT2D eigenvalue weighted by molar-refractivity contribution is 4.57. The maximum Gasteiger partial charge on any atom is 0.0701 e. The molecule has 5 heteroatoms. The summed E-state index contributed by atoms with van der Waals surface area (Å²) in [6, 6.07) is 0. The van der Waals surface area contributed by atoms with Crippen molar-refractivity contribution in [2.75, 3.05) is 59.5 Å². The van der Waals surface area contributed by atoms with E-state index in [1.54, 1.807) is 0 Å². The summed E-state index contributed by atoms with van der Waals surface area (Å²) in [4.78, 5) is 0. The van der Waals surface area contributed by atoms with Gasteiger partial charge in [-0.3, -0.25) is 0 Å². The fraction of sp³-hybridized carbons (Fsp3) is 1.00. The lowest BCUT2D eigenvalue weighted by Crippen LogP contribution is -2.12. The van der Waals surface area contributed by atoms with Gasteiger partial charge < -0.3 is 24.1 Å². The molecule has 0 amide bonds. The van der Waals surface area contributed by atoms with Gasteiger partial charge in [0.15, 0.2) is 0 Å². The van der Waals surface area contributed by atoms with Crippen LogP contribution in [-0.4, -0.2) is 64.6 Å². The highest BCUT2D eigenvalue weighted by Crippen LogP contribution is 2.18. The molecule has 0 aromatic rings. The van der Waals surface area contributed by atoms with Gasteiger partial charge in [0.05, 0.1) is 52.9 Å². The second-order valence-corrected chi connectivity index (χ2v) is 6.44. The number of aliphatic hydroxyl groups excluding tert-OH is 1. The van der Waals surface area contributed by atoms with Crippen molar-refractivity contribution in [2.45, 2.75) is 65.2 Å². The van der Waals surface area contributed by atoms with E-state index >= 15 is 0 Å². The topological polar surface area (TPSA) is 57.2 Å². The first-order valence-electron chi connectivity index (χ1n) is 10.3. The van der Waals surface area contributed by atoms with Crippen LogP contribution in [0.2, 0.25) is 0 Å². The molecule has 0 saturated heterocycles. The van der Waals surface area contributed by atoms with Crippen molar-refractivity contribution in [1.82, 2.24) is 0 Å². The summed E-state index contributed by atoms with van der Waals surface area (Å²) < 4.78 is 21.4. The number of unbranched alkanes of at least 4 members (excludes halogenated alkanes) is 3. The number of hydrogen-bond donors (Lipinski definition) is 1. The standard InChI is InChI=1S/C20H42O5/c1-3-9-20(4-2)10-7-5-6-8-12-22-14-16-24-18-19-25-17-15-23-13-11-21/h20-21H,3-19H2,1-2H3. The Kier molecular flexibility index (Phi) is 21.7. The van der Waals surface area contributed by atoms with Gasteiger partial charge in [0, 0.05) is 6.61 Å². The van der Waals surface area contributed by atoms with Crippen molar-refractivity contribution in [3.05, 3.63) is 0 Å². The van der Waals surface area contributed by atoms with Crippen LogP contribution < -0.4 is 0 Å². The SMILES string of the molecule is CCCC(CC)CCCCCCOCCOCCOCCOCCO. The lowest BCUT2D eigenvalue weighted by molar-refractivity contribution is -0.00577. The molecule has 25 heavy (non-hydrogen) atoms. The van der Waals surface area contributed by atoms with Gasteiger partial charge in [-0.1, -0.05) is 58.8 Å². The molecule has 5 nitrogen and oxygen atoms in total. The third-order valence-electron chi connectivity index (χ3n) is 4.28. The third kappa shape index (κ3) is 20.0. The van der Waals surface area contributed by atoms with Gasteiger partial charge in [-0.2, -0.15) is 0 Å². The molecule has 0 heterocycles. The smallest absolute Gasteiger partial charge is 0.0701 e. The summed E-state index contributed by atoms with van der Waals surface area (Å²) in [5.41, 5.74) is 0. The molecule has 1 unspecified atom stereocenters. The second kappa shape index (κ2) is 21.8. The van der Waals surface area contributed by atoms with Crippen molar-refractivity contribution in [2.24, 2.45) is 5.92 Å². The fourth-order valence-corrected chi connectivity index (χ4v) is 2.78. The monoisotopic (exact) mass is 362 g/mol. The van der Waals surface area contributed by atoms with Gasteiger partial charge in [-0.25, -0.2) is 0 Å². The van der Waals surface area contributed by atoms with Crippen LogP contribution in [0.4, 0.5) is 0 Å². The average molecular weight is 363 g/mol. The van der Waals surface area contributed by atoms with Crippen molar-refractivity contribution >= 4 is 0 Å². The van der Waals surface area contributed by atoms with E-state index in [0.717, 1.165) is 18.9 Å². The Morgan fingerprint density at radius 2 is 1.12 bits per heavy atom. The molecule has 1 N–H and O–H groups in total. The summed E-state index contributed by atoms with van der Waals surface area (Å²) in [7, 11) is 0. The van der Waals surface area contributed by atoms with Crippen LogP contribution in [0.25, 0.3) is 0 Å². The van der Waals surface area contributed by atoms with E-state index in [2.05, 4.69) is 13.8 Å². The fourth-order valence-electron chi connectivity index (χ4n) is 2.78. The lowest BCUT2D eigenvalue weighted by atomic mass is 9.94. The van der Waals surface area contributed by atoms with Crippen molar-refractivity contribution in [3.8, 4) is 0 Å². The molecule has 152 valence electrons. The maximum absolute atomic E-state index is 8.53. The van der Waals surface area contributed by atoms with E-state index in [-0.39, 0.29) is 6.61 Å². The van der Waals surface area contributed by atoms with Gasteiger partial charge >= 0.3 is 0 Å². The Bertz CT molecular complexity index is 238. The zero-order chi connectivity index (χ0) is 18.4. The second-order valence-electron chi connectivity index (χ2n) is 6.44. The average Bonchev–Trinajstić information content (AvgIpc) is 2.63. The molecule has 0 fully saturated rings. The minimum Gasteiger partial charge on any atom is -0.394 e. The van der Waals surface area contributed by atoms with Crippen LogP contribution in [0.3, 0.4) is 0 Å². The minimum absolute atomic E-state index is 0.0569. The summed E-state index contributed by atoms with van der Waals surface area (Å²) in [6.45, 7) is 9.36. The van der Waals surface area contributed by atoms with E-state index in [0.29, 0.717) is 46.2 Å². The molecule has 0 aromatic carbocycles. The number of aliphatic hydroxyl groups is 1. The van der Waals surface area contributed by atoms with Crippen molar-refractivity contribution in [3.63, 3.8) is 0 Å². The Balaban J connectivity index is 3.07. The van der Waals surface area contributed by atoms with Crippen LogP contribution in [0.1, 0.15) is 65.2 Å².